The van der Waals surface area contributed by atoms with Gasteiger partial charge in [0.05, 0.1) is 17.0 Å². The maximum atomic E-state index is 13.2. The summed E-state index contributed by atoms with van der Waals surface area (Å²) in [5.74, 6) is 0.567. The summed E-state index contributed by atoms with van der Waals surface area (Å²) in [5, 5.41) is 5.78. The number of fused-ring (bicyclic) bond motifs is 1. The number of nitrogens with zero attached hydrogens (tertiary/aromatic N) is 1. The Labute approximate surface area is 147 Å². The van der Waals surface area contributed by atoms with Gasteiger partial charge < -0.3 is 9.32 Å². The maximum absolute atomic E-state index is 13.2. The monoisotopic (exact) mass is 384 g/mol. The van der Waals surface area contributed by atoms with Crippen molar-refractivity contribution in [1.29, 1.82) is 0 Å². The minimum absolute atomic E-state index is 0.185. The van der Waals surface area contributed by atoms with E-state index in [1.54, 1.807) is 19.2 Å². The van der Waals surface area contributed by atoms with Crippen LogP contribution >= 0.6 is 0 Å². The van der Waals surface area contributed by atoms with Gasteiger partial charge in [0.2, 0.25) is 10.0 Å². The minimum Gasteiger partial charge on any atom is -0.459 e. The number of sulfonamides is 1. The molecule has 26 heavy (non-hydrogen) atoms. The summed E-state index contributed by atoms with van der Waals surface area (Å²) in [4.78, 5) is 0.575. The summed E-state index contributed by atoms with van der Waals surface area (Å²) >= 11 is 0. The Hall–Kier alpha value is -2.52. The average molecular weight is 384 g/mol. The third-order valence-electron chi connectivity index (χ3n) is 3.89. The molecule has 0 aliphatic rings. The van der Waals surface area contributed by atoms with E-state index in [1.807, 2.05) is 18.2 Å². The number of para-hydroxylation sites is 1. The molecule has 0 saturated carbocycles. The number of alkyl halides is 3. The van der Waals surface area contributed by atoms with E-state index in [0.717, 1.165) is 17.5 Å². The summed E-state index contributed by atoms with van der Waals surface area (Å²) < 4.78 is 68.2. The molecule has 2 aromatic carbocycles. The predicted octanol–water partition coefficient (Wildman–Crippen LogP) is 3.74. The standard InChI is InChI=1S/C17H15F3N2O3S/c1-22(10-13-8-11-4-2-3-5-15(11)25-13)12-6-7-16(26(21,23)24)14(9-12)17(18,19)20/h2-9H,10H2,1H3,(H2,21,23,24). The van der Waals surface area contributed by atoms with Crippen LogP contribution in [0.5, 0.6) is 0 Å². The number of hydrogen-bond acceptors (Lipinski definition) is 4. The van der Waals surface area contributed by atoms with Crippen LogP contribution in [0.3, 0.4) is 0 Å². The van der Waals surface area contributed by atoms with E-state index in [9.17, 15) is 21.6 Å². The summed E-state index contributed by atoms with van der Waals surface area (Å²) in [6.07, 6.45) is -4.85. The lowest BCUT2D eigenvalue weighted by atomic mass is 10.1. The van der Waals surface area contributed by atoms with Gasteiger partial charge in [0.1, 0.15) is 11.3 Å². The zero-order chi connectivity index (χ0) is 19.1. The molecule has 3 rings (SSSR count). The van der Waals surface area contributed by atoms with Gasteiger partial charge in [0, 0.05) is 18.1 Å². The molecule has 138 valence electrons. The molecule has 0 bridgehead atoms. The quantitative estimate of drug-likeness (QED) is 0.744. The first-order valence-electron chi connectivity index (χ1n) is 7.48. The SMILES string of the molecule is CN(Cc1cc2ccccc2o1)c1ccc(S(N)(=O)=O)c(C(F)(F)F)c1. The Kier molecular flexibility index (Phi) is 4.45. The van der Waals surface area contributed by atoms with Crippen LogP contribution in [0, 0.1) is 0 Å². The van der Waals surface area contributed by atoms with Gasteiger partial charge in [-0.2, -0.15) is 13.2 Å². The topological polar surface area (TPSA) is 76.5 Å². The number of rotatable bonds is 4. The Morgan fingerprint density at radius 1 is 1.12 bits per heavy atom. The zero-order valence-electron chi connectivity index (χ0n) is 13.6. The van der Waals surface area contributed by atoms with Crippen LogP contribution in [0.25, 0.3) is 11.0 Å². The minimum atomic E-state index is -4.85. The Morgan fingerprint density at radius 2 is 1.81 bits per heavy atom. The second-order valence-corrected chi connectivity index (χ2v) is 7.36. The van der Waals surface area contributed by atoms with Crippen molar-refractivity contribution >= 4 is 26.7 Å². The van der Waals surface area contributed by atoms with Gasteiger partial charge in [0.15, 0.2) is 0 Å². The fourth-order valence-electron chi connectivity index (χ4n) is 2.66. The van der Waals surface area contributed by atoms with E-state index in [2.05, 4.69) is 0 Å². The highest BCUT2D eigenvalue weighted by Crippen LogP contribution is 2.36. The van der Waals surface area contributed by atoms with Crippen LogP contribution < -0.4 is 10.0 Å². The number of primary sulfonamides is 1. The molecule has 0 atom stereocenters. The van der Waals surface area contributed by atoms with Crippen molar-refractivity contribution in [3.8, 4) is 0 Å². The number of furan rings is 1. The normalized spacial score (nSPS) is 12.5. The van der Waals surface area contributed by atoms with Crippen LogP contribution in [-0.4, -0.2) is 15.5 Å². The predicted molar refractivity (Wildman–Crippen MR) is 91.1 cm³/mol. The average Bonchev–Trinajstić information content (AvgIpc) is 2.94. The molecule has 5 nitrogen and oxygen atoms in total. The molecule has 0 aliphatic heterocycles. The molecule has 1 heterocycles. The molecular formula is C17H15F3N2O3S. The largest absolute Gasteiger partial charge is 0.459 e. The van der Waals surface area contributed by atoms with Gasteiger partial charge >= 0.3 is 6.18 Å². The van der Waals surface area contributed by atoms with E-state index in [-0.39, 0.29) is 12.2 Å². The number of halogens is 3. The second kappa shape index (κ2) is 6.33. The smallest absolute Gasteiger partial charge is 0.417 e. The van der Waals surface area contributed by atoms with Gasteiger partial charge in [-0.15, -0.1) is 0 Å². The fourth-order valence-corrected chi connectivity index (χ4v) is 3.40. The Balaban J connectivity index is 1.95. The van der Waals surface area contributed by atoms with Gasteiger partial charge in [-0.05, 0) is 30.3 Å². The van der Waals surface area contributed by atoms with Crippen LogP contribution in [-0.2, 0) is 22.7 Å². The molecule has 0 amide bonds. The van der Waals surface area contributed by atoms with Crippen molar-refractivity contribution in [3.05, 3.63) is 59.9 Å². The first-order valence-corrected chi connectivity index (χ1v) is 9.03. The number of nitrogens with two attached hydrogens (primary N) is 1. The first-order chi connectivity index (χ1) is 12.1. The molecule has 0 aliphatic carbocycles. The van der Waals surface area contributed by atoms with Crippen molar-refractivity contribution in [2.45, 2.75) is 17.6 Å². The highest BCUT2D eigenvalue weighted by Gasteiger charge is 2.36. The molecule has 2 N–H and O–H groups in total. The van der Waals surface area contributed by atoms with Crippen molar-refractivity contribution in [3.63, 3.8) is 0 Å². The van der Waals surface area contributed by atoms with Gasteiger partial charge in [-0.3, -0.25) is 0 Å². The lowest BCUT2D eigenvalue weighted by Crippen LogP contribution is -2.21. The molecule has 0 unspecified atom stereocenters. The molecule has 9 heteroatoms. The van der Waals surface area contributed by atoms with E-state index in [1.165, 1.54) is 11.0 Å². The van der Waals surface area contributed by atoms with Crippen LogP contribution in [0.15, 0.2) is 57.8 Å². The third-order valence-corrected chi connectivity index (χ3v) is 4.85. The molecule has 1 aromatic heterocycles. The molecule has 0 radical (unpaired) electrons. The highest BCUT2D eigenvalue weighted by molar-refractivity contribution is 7.89. The van der Waals surface area contributed by atoms with Crippen LogP contribution in [0.1, 0.15) is 11.3 Å². The lowest BCUT2D eigenvalue weighted by Gasteiger charge is -2.20. The van der Waals surface area contributed by atoms with Crippen LogP contribution in [0.2, 0.25) is 0 Å². The summed E-state index contributed by atoms with van der Waals surface area (Å²) in [6, 6.07) is 12.0. The van der Waals surface area contributed by atoms with E-state index in [4.69, 9.17) is 9.56 Å². The molecule has 0 spiro atoms. The Morgan fingerprint density at radius 3 is 2.42 bits per heavy atom. The van der Waals surface area contributed by atoms with E-state index in [0.29, 0.717) is 11.3 Å². The highest BCUT2D eigenvalue weighted by atomic mass is 32.2. The van der Waals surface area contributed by atoms with Gasteiger partial charge in [-0.1, -0.05) is 18.2 Å². The van der Waals surface area contributed by atoms with Crippen molar-refractivity contribution in [1.82, 2.24) is 0 Å². The third kappa shape index (κ3) is 3.68. The zero-order valence-corrected chi connectivity index (χ0v) is 14.4. The fraction of sp³-hybridized carbons (Fsp3) is 0.176. The molecule has 3 aromatic rings. The summed E-state index contributed by atoms with van der Waals surface area (Å²) in [6.45, 7) is 0.209. The molecular weight excluding hydrogens is 369 g/mol. The number of anilines is 1. The summed E-state index contributed by atoms with van der Waals surface area (Å²) in [5.41, 5.74) is -0.435. The lowest BCUT2D eigenvalue weighted by molar-refractivity contribution is -0.139. The van der Waals surface area contributed by atoms with Crippen LogP contribution in [0.4, 0.5) is 18.9 Å². The molecule has 0 fully saturated rings. The van der Waals surface area contributed by atoms with Crippen molar-refractivity contribution < 1.29 is 26.0 Å². The summed E-state index contributed by atoms with van der Waals surface area (Å²) in [7, 11) is -2.91. The first kappa shape index (κ1) is 18.3. The van der Waals surface area contributed by atoms with Gasteiger partial charge in [-0.25, -0.2) is 13.6 Å². The Bertz CT molecular complexity index is 1030. The van der Waals surface area contributed by atoms with Gasteiger partial charge in [0.25, 0.3) is 0 Å². The molecule has 0 saturated heterocycles. The second-order valence-electron chi connectivity index (χ2n) is 5.83. The van der Waals surface area contributed by atoms with E-state index < -0.39 is 26.7 Å². The van der Waals surface area contributed by atoms with E-state index >= 15 is 0 Å². The number of hydrogen-bond donors (Lipinski definition) is 1. The van der Waals surface area contributed by atoms with Crippen molar-refractivity contribution in [2.24, 2.45) is 5.14 Å². The number of benzene rings is 2. The maximum Gasteiger partial charge on any atom is 0.417 e. The van der Waals surface area contributed by atoms with Crippen molar-refractivity contribution in [2.75, 3.05) is 11.9 Å².